The Morgan fingerprint density at radius 3 is 3.07 bits per heavy atom. The molecule has 0 fully saturated rings. The molecule has 0 amide bonds. The molecule has 78 valence electrons. The van der Waals surface area contributed by atoms with Gasteiger partial charge in [-0.25, -0.2) is 4.98 Å². The molecule has 0 atom stereocenters. The molecule has 3 nitrogen and oxygen atoms in total. The van der Waals surface area contributed by atoms with Crippen molar-refractivity contribution in [2.75, 3.05) is 5.32 Å². The van der Waals surface area contributed by atoms with E-state index in [-0.39, 0.29) is 0 Å². The first-order chi connectivity index (χ1) is 7.25. The number of hydrogen-bond donors (Lipinski definition) is 1. The summed E-state index contributed by atoms with van der Waals surface area (Å²) in [6, 6.07) is 5.61. The summed E-state index contributed by atoms with van der Waals surface area (Å²) in [5.41, 5.74) is 2.04. The van der Waals surface area contributed by atoms with Gasteiger partial charge in [-0.1, -0.05) is 11.6 Å². The largest absolute Gasteiger partial charge is 0.467 e. The highest BCUT2D eigenvalue weighted by atomic mass is 35.5. The molecule has 0 radical (unpaired) electrons. The van der Waals surface area contributed by atoms with Gasteiger partial charge in [0, 0.05) is 0 Å². The molecule has 2 aromatic rings. The van der Waals surface area contributed by atoms with E-state index in [1.165, 1.54) is 0 Å². The van der Waals surface area contributed by atoms with E-state index in [4.69, 9.17) is 16.0 Å². The fourth-order valence-electron chi connectivity index (χ4n) is 1.30. The summed E-state index contributed by atoms with van der Waals surface area (Å²) in [6.45, 7) is 2.63. The van der Waals surface area contributed by atoms with Crippen molar-refractivity contribution in [1.29, 1.82) is 0 Å². The van der Waals surface area contributed by atoms with Gasteiger partial charge in [-0.3, -0.25) is 0 Å². The van der Waals surface area contributed by atoms with Gasteiger partial charge in [-0.15, -0.1) is 0 Å². The van der Waals surface area contributed by atoms with E-state index in [2.05, 4.69) is 10.3 Å². The molecule has 2 rings (SSSR count). The lowest BCUT2D eigenvalue weighted by Gasteiger charge is -2.07. The maximum Gasteiger partial charge on any atom is 0.129 e. The summed E-state index contributed by atoms with van der Waals surface area (Å²) >= 11 is 5.76. The standard InChI is InChI=1S/C11H11ClN2O/c1-8-5-11(12)14-7-10(8)13-6-9-3-2-4-15-9/h2-5,7,13H,6H2,1H3. The molecule has 0 bridgehead atoms. The Balaban J connectivity index is 2.05. The van der Waals surface area contributed by atoms with Crippen molar-refractivity contribution in [3.8, 4) is 0 Å². The molecule has 0 spiro atoms. The summed E-state index contributed by atoms with van der Waals surface area (Å²) in [5, 5.41) is 3.74. The first kappa shape index (κ1) is 10.1. The molecule has 15 heavy (non-hydrogen) atoms. The number of halogens is 1. The second-order valence-corrected chi connectivity index (χ2v) is 3.64. The zero-order valence-corrected chi connectivity index (χ0v) is 9.08. The highest BCUT2D eigenvalue weighted by Gasteiger charge is 2.00. The number of hydrogen-bond acceptors (Lipinski definition) is 3. The van der Waals surface area contributed by atoms with Crippen molar-refractivity contribution < 1.29 is 4.42 Å². The Morgan fingerprint density at radius 1 is 1.53 bits per heavy atom. The van der Waals surface area contributed by atoms with Crippen LogP contribution in [0.15, 0.2) is 35.1 Å². The van der Waals surface area contributed by atoms with E-state index in [0.717, 1.165) is 17.0 Å². The third kappa shape index (κ3) is 2.50. The molecule has 2 aromatic heterocycles. The molecular formula is C11H11ClN2O. The predicted molar refractivity (Wildman–Crippen MR) is 60.0 cm³/mol. The Morgan fingerprint density at radius 2 is 2.40 bits per heavy atom. The summed E-state index contributed by atoms with van der Waals surface area (Å²) in [6.07, 6.45) is 3.38. The summed E-state index contributed by atoms with van der Waals surface area (Å²) < 4.78 is 5.21. The second kappa shape index (κ2) is 4.36. The molecule has 1 N–H and O–H groups in total. The molecule has 0 saturated heterocycles. The van der Waals surface area contributed by atoms with E-state index in [1.54, 1.807) is 12.5 Å². The zero-order valence-electron chi connectivity index (χ0n) is 8.33. The zero-order chi connectivity index (χ0) is 10.7. The normalized spacial score (nSPS) is 10.3. The summed E-state index contributed by atoms with van der Waals surface area (Å²) in [4.78, 5) is 4.01. The smallest absolute Gasteiger partial charge is 0.129 e. The van der Waals surface area contributed by atoms with Crippen LogP contribution in [0.1, 0.15) is 11.3 Å². The molecule has 0 aliphatic rings. The Kier molecular flexibility index (Phi) is 2.92. The predicted octanol–water partition coefficient (Wildman–Crippen LogP) is 3.25. The van der Waals surface area contributed by atoms with Gasteiger partial charge in [0.1, 0.15) is 10.9 Å². The molecule has 2 heterocycles. The molecular weight excluding hydrogens is 212 g/mol. The van der Waals surface area contributed by atoms with Crippen molar-refractivity contribution in [2.24, 2.45) is 0 Å². The van der Waals surface area contributed by atoms with Crippen LogP contribution in [0.25, 0.3) is 0 Å². The van der Waals surface area contributed by atoms with Crippen LogP contribution in [0, 0.1) is 6.92 Å². The van der Waals surface area contributed by atoms with Gasteiger partial charge in [-0.05, 0) is 30.7 Å². The van der Waals surface area contributed by atoms with E-state index in [1.807, 2.05) is 25.1 Å². The molecule has 0 aliphatic heterocycles. The third-order valence-electron chi connectivity index (χ3n) is 2.11. The van der Waals surface area contributed by atoms with Gasteiger partial charge in [-0.2, -0.15) is 0 Å². The molecule has 0 unspecified atom stereocenters. The molecule has 0 saturated carbocycles. The van der Waals surface area contributed by atoms with Crippen LogP contribution in [-0.4, -0.2) is 4.98 Å². The number of anilines is 1. The fraction of sp³-hybridized carbons (Fsp3) is 0.182. The van der Waals surface area contributed by atoms with Crippen molar-refractivity contribution >= 4 is 17.3 Å². The first-order valence-corrected chi connectivity index (χ1v) is 5.02. The second-order valence-electron chi connectivity index (χ2n) is 3.25. The van der Waals surface area contributed by atoms with Crippen LogP contribution < -0.4 is 5.32 Å². The number of nitrogens with one attached hydrogen (secondary N) is 1. The lowest BCUT2D eigenvalue weighted by molar-refractivity contribution is 0.518. The van der Waals surface area contributed by atoms with Crippen LogP contribution in [-0.2, 0) is 6.54 Å². The van der Waals surface area contributed by atoms with E-state index >= 15 is 0 Å². The van der Waals surface area contributed by atoms with Gasteiger partial charge < -0.3 is 9.73 Å². The average molecular weight is 223 g/mol. The van der Waals surface area contributed by atoms with Crippen molar-refractivity contribution in [1.82, 2.24) is 4.98 Å². The number of aromatic nitrogens is 1. The van der Waals surface area contributed by atoms with Crippen LogP contribution in [0.3, 0.4) is 0 Å². The van der Waals surface area contributed by atoms with Gasteiger partial charge in [0.05, 0.1) is 24.7 Å². The monoisotopic (exact) mass is 222 g/mol. The Labute approximate surface area is 93.1 Å². The topological polar surface area (TPSA) is 38.1 Å². The fourth-order valence-corrected chi connectivity index (χ4v) is 1.51. The number of furan rings is 1. The van der Waals surface area contributed by atoms with Crippen LogP contribution in [0.4, 0.5) is 5.69 Å². The number of pyridine rings is 1. The molecule has 0 aliphatic carbocycles. The summed E-state index contributed by atoms with van der Waals surface area (Å²) in [7, 11) is 0. The third-order valence-corrected chi connectivity index (χ3v) is 2.32. The minimum absolute atomic E-state index is 0.510. The van der Waals surface area contributed by atoms with Gasteiger partial charge in [0.2, 0.25) is 0 Å². The van der Waals surface area contributed by atoms with Crippen molar-refractivity contribution in [3.63, 3.8) is 0 Å². The number of aryl methyl sites for hydroxylation is 1. The minimum atomic E-state index is 0.510. The van der Waals surface area contributed by atoms with Crippen LogP contribution in [0.2, 0.25) is 5.15 Å². The van der Waals surface area contributed by atoms with Gasteiger partial charge >= 0.3 is 0 Å². The van der Waals surface area contributed by atoms with E-state index in [0.29, 0.717) is 11.7 Å². The minimum Gasteiger partial charge on any atom is -0.467 e. The lowest BCUT2D eigenvalue weighted by atomic mass is 10.2. The van der Waals surface area contributed by atoms with Crippen LogP contribution >= 0.6 is 11.6 Å². The first-order valence-electron chi connectivity index (χ1n) is 4.64. The average Bonchev–Trinajstić information content (AvgIpc) is 2.69. The van der Waals surface area contributed by atoms with Crippen molar-refractivity contribution in [2.45, 2.75) is 13.5 Å². The lowest BCUT2D eigenvalue weighted by Crippen LogP contribution is -2.00. The highest BCUT2D eigenvalue weighted by Crippen LogP contribution is 2.17. The van der Waals surface area contributed by atoms with E-state index < -0.39 is 0 Å². The summed E-state index contributed by atoms with van der Waals surface area (Å²) in [5.74, 6) is 0.893. The van der Waals surface area contributed by atoms with Gasteiger partial charge in [0.25, 0.3) is 0 Å². The van der Waals surface area contributed by atoms with Crippen molar-refractivity contribution in [3.05, 3.63) is 47.1 Å². The molecule has 0 aromatic carbocycles. The maximum absolute atomic E-state index is 5.76. The highest BCUT2D eigenvalue weighted by molar-refractivity contribution is 6.29. The maximum atomic E-state index is 5.76. The molecule has 4 heteroatoms. The quantitative estimate of drug-likeness (QED) is 0.811. The Hall–Kier alpha value is -1.48. The van der Waals surface area contributed by atoms with Gasteiger partial charge in [0.15, 0.2) is 0 Å². The van der Waals surface area contributed by atoms with Crippen LogP contribution in [0.5, 0.6) is 0 Å². The van der Waals surface area contributed by atoms with E-state index in [9.17, 15) is 0 Å². The SMILES string of the molecule is Cc1cc(Cl)ncc1NCc1ccco1. The Bertz CT molecular complexity index is 440. The number of rotatable bonds is 3. The number of nitrogens with zero attached hydrogens (tertiary/aromatic N) is 1.